The van der Waals surface area contributed by atoms with E-state index in [4.69, 9.17) is 0 Å². The Morgan fingerprint density at radius 2 is 2.18 bits per heavy atom. The van der Waals surface area contributed by atoms with Crippen LogP contribution >= 0.6 is 0 Å². The summed E-state index contributed by atoms with van der Waals surface area (Å²) in [4.78, 5) is 2.50. The van der Waals surface area contributed by atoms with Crippen LogP contribution in [-0.2, 0) is 0 Å². The van der Waals surface area contributed by atoms with E-state index in [2.05, 4.69) is 25.8 Å². The Balaban J connectivity index is 2.06. The zero-order valence-corrected chi connectivity index (χ0v) is 7.93. The fourth-order valence-corrected chi connectivity index (χ4v) is 2.91. The maximum Gasteiger partial charge on any atom is 0.0279 e. The van der Waals surface area contributed by atoms with Gasteiger partial charge in [-0.2, -0.15) is 0 Å². The van der Waals surface area contributed by atoms with Crippen molar-refractivity contribution in [3.05, 3.63) is 0 Å². The predicted molar refractivity (Wildman–Crippen MR) is 47.5 cm³/mol. The molecule has 1 aliphatic heterocycles. The molecule has 0 aromatic carbocycles. The van der Waals surface area contributed by atoms with Crippen LogP contribution in [0.5, 0.6) is 0 Å². The summed E-state index contributed by atoms with van der Waals surface area (Å²) >= 11 is 0. The third-order valence-electron chi connectivity index (χ3n) is 4.21. The highest BCUT2D eigenvalue weighted by atomic mass is 15.3. The minimum absolute atomic E-state index is 0.731. The average molecular weight is 153 g/mol. The number of nitrogens with zero attached hydrogens (tertiary/aromatic N) is 1. The predicted octanol–water partition coefficient (Wildman–Crippen LogP) is 2.13. The molecule has 1 heterocycles. The monoisotopic (exact) mass is 153 g/mol. The normalized spacial score (nSPS) is 55.4. The molecule has 4 atom stereocenters. The van der Waals surface area contributed by atoms with Crippen LogP contribution in [0.25, 0.3) is 0 Å². The summed E-state index contributed by atoms with van der Waals surface area (Å²) in [6, 6.07) is 0.941. The zero-order valence-electron chi connectivity index (χ0n) is 7.93. The molecule has 1 saturated heterocycles. The van der Waals surface area contributed by atoms with Crippen molar-refractivity contribution in [3.63, 3.8) is 0 Å². The van der Waals surface area contributed by atoms with E-state index < -0.39 is 0 Å². The second kappa shape index (κ2) is 2.22. The van der Waals surface area contributed by atoms with Gasteiger partial charge in [0.25, 0.3) is 0 Å². The van der Waals surface area contributed by atoms with Crippen molar-refractivity contribution in [2.45, 2.75) is 39.2 Å². The topological polar surface area (TPSA) is 3.01 Å². The van der Waals surface area contributed by atoms with Crippen LogP contribution in [0.4, 0.5) is 0 Å². The minimum atomic E-state index is 0.731. The largest absolute Gasteiger partial charge is 0.300 e. The molecule has 2 rings (SSSR count). The Morgan fingerprint density at radius 1 is 1.55 bits per heavy atom. The van der Waals surface area contributed by atoms with Gasteiger partial charge in [-0.3, -0.25) is 0 Å². The van der Waals surface area contributed by atoms with Crippen LogP contribution < -0.4 is 0 Å². The van der Waals surface area contributed by atoms with E-state index in [0.717, 1.165) is 17.4 Å². The first-order valence-electron chi connectivity index (χ1n) is 4.91. The Kier molecular flexibility index (Phi) is 1.54. The molecule has 1 nitrogen and oxygen atoms in total. The van der Waals surface area contributed by atoms with Crippen LogP contribution in [0.3, 0.4) is 0 Å². The third kappa shape index (κ3) is 0.868. The second-order valence-electron chi connectivity index (χ2n) is 4.48. The van der Waals surface area contributed by atoms with E-state index in [1.165, 1.54) is 25.8 Å². The third-order valence-corrected chi connectivity index (χ3v) is 4.21. The SMILES string of the molecule is CCC1(C2CN2C)CCC1C. The van der Waals surface area contributed by atoms with Crippen LogP contribution in [0.15, 0.2) is 0 Å². The van der Waals surface area contributed by atoms with Gasteiger partial charge in [0.1, 0.15) is 0 Å². The molecule has 0 spiro atoms. The van der Waals surface area contributed by atoms with Gasteiger partial charge in [0.15, 0.2) is 0 Å². The molecule has 0 bridgehead atoms. The van der Waals surface area contributed by atoms with Crippen LogP contribution in [0, 0.1) is 11.3 Å². The molecule has 0 amide bonds. The lowest BCUT2D eigenvalue weighted by atomic mass is 9.57. The number of hydrogen-bond acceptors (Lipinski definition) is 1. The van der Waals surface area contributed by atoms with E-state index in [9.17, 15) is 0 Å². The number of likely N-dealkylation sites (N-methyl/N-ethyl adjacent to an activating group) is 1. The molecule has 2 aliphatic rings. The van der Waals surface area contributed by atoms with Gasteiger partial charge in [0.05, 0.1) is 0 Å². The molecule has 64 valence electrons. The van der Waals surface area contributed by atoms with Gasteiger partial charge in [-0.15, -0.1) is 0 Å². The number of rotatable bonds is 2. The highest BCUT2D eigenvalue weighted by molar-refractivity contribution is 5.08. The summed E-state index contributed by atoms with van der Waals surface area (Å²) in [6.07, 6.45) is 4.35. The lowest BCUT2D eigenvalue weighted by molar-refractivity contribution is 0.0260. The summed E-state index contributed by atoms with van der Waals surface area (Å²) in [6.45, 7) is 6.15. The summed E-state index contributed by atoms with van der Waals surface area (Å²) in [7, 11) is 2.26. The first-order chi connectivity index (χ1) is 5.20. The highest BCUT2D eigenvalue weighted by Gasteiger charge is 2.55. The molecule has 1 saturated carbocycles. The number of hydrogen-bond donors (Lipinski definition) is 0. The van der Waals surface area contributed by atoms with Gasteiger partial charge in [-0.25, -0.2) is 0 Å². The van der Waals surface area contributed by atoms with Crippen molar-refractivity contribution in [3.8, 4) is 0 Å². The fourth-order valence-electron chi connectivity index (χ4n) is 2.91. The van der Waals surface area contributed by atoms with Crippen molar-refractivity contribution < 1.29 is 0 Å². The second-order valence-corrected chi connectivity index (χ2v) is 4.48. The first-order valence-corrected chi connectivity index (χ1v) is 4.91. The van der Waals surface area contributed by atoms with Gasteiger partial charge >= 0.3 is 0 Å². The maximum absolute atomic E-state index is 2.50. The molecule has 0 aromatic rings. The van der Waals surface area contributed by atoms with Crippen molar-refractivity contribution in [1.82, 2.24) is 4.90 Å². The van der Waals surface area contributed by atoms with Gasteiger partial charge in [-0.05, 0) is 37.6 Å². The lowest BCUT2D eigenvalue weighted by Gasteiger charge is -2.48. The van der Waals surface area contributed by atoms with Crippen molar-refractivity contribution in [2.24, 2.45) is 11.3 Å². The zero-order chi connectivity index (χ0) is 8.06. The van der Waals surface area contributed by atoms with Gasteiger partial charge in [0, 0.05) is 12.6 Å². The van der Waals surface area contributed by atoms with E-state index >= 15 is 0 Å². The Labute approximate surface area is 69.8 Å². The summed E-state index contributed by atoms with van der Waals surface area (Å²) in [5.41, 5.74) is 0.731. The minimum Gasteiger partial charge on any atom is -0.300 e. The molecule has 0 aromatic heterocycles. The maximum atomic E-state index is 2.50. The van der Waals surface area contributed by atoms with E-state index in [0.29, 0.717) is 0 Å². The van der Waals surface area contributed by atoms with Crippen LogP contribution in [0.2, 0.25) is 0 Å². The molecule has 11 heavy (non-hydrogen) atoms. The summed E-state index contributed by atoms with van der Waals surface area (Å²) in [5, 5.41) is 0. The van der Waals surface area contributed by atoms with Crippen LogP contribution in [0.1, 0.15) is 33.1 Å². The van der Waals surface area contributed by atoms with Gasteiger partial charge in [-0.1, -0.05) is 13.8 Å². The van der Waals surface area contributed by atoms with Crippen molar-refractivity contribution >= 4 is 0 Å². The Hall–Kier alpha value is -0.0400. The summed E-state index contributed by atoms with van der Waals surface area (Å²) in [5.74, 6) is 0.988. The van der Waals surface area contributed by atoms with Crippen molar-refractivity contribution in [1.29, 1.82) is 0 Å². The molecule has 0 N–H and O–H groups in total. The van der Waals surface area contributed by atoms with E-state index in [1.807, 2.05) is 0 Å². The lowest BCUT2D eigenvalue weighted by Crippen LogP contribution is -2.43. The molecule has 1 heteroatoms. The molecule has 0 radical (unpaired) electrons. The fraction of sp³-hybridized carbons (Fsp3) is 1.00. The average Bonchev–Trinajstić information content (AvgIpc) is 2.67. The quantitative estimate of drug-likeness (QED) is 0.549. The van der Waals surface area contributed by atoms with E-state index in [-0.39, 0.29) is 0 Å². The summed E-state index contributed by atoms with van der Waals surface area (Å²) < 4.78 is 0. The Bertz CT molecular complexity index is 162. The molecular weight excluding hydrogens is 134 g/mol. The highest BCUT2D eigenvalue weighted by Crippen LogP contribution is 2.56. The van der Waals surface area contributed by atoms with Crippen molar-refractivity contribution in [2.75, 3.05) is 13.6 Å². The molecule has 4 unspecified atom stereocenters. The first kappa shape index (κ1) is 7.60. The standard InChI is InChI=1S/C10H19N/c1-4-10(6-5-8(10)2)9-7-11(9)3/h8-9H,4-7H2,1-3H3. The molecule has 1 aliphatic carbocycles. The smallest absolute Gasteiger partial charge is 0.0279 e. The van der Waals surface area contributed by atoms with Crippen LogP contribution in [-0.4, -0.2) is 24.5 Å². The van der Waals surface area contributed by atoms with E-state index in [1.54, 1.807) is 0 Å². The van der Waals surface area contributed by atoms with Gasteiger partial charge in [0.2, 0.25) is 0 Å². The molecular formula is C10H19N. The Morgan fingerprint density at radius 3 is 2.27 bits per heavy atom. The molecule has 2 fully saturated rings. The van der Waals surface area contributed by atoms with Gasteiger partial charge < -0.3 is 4.90 Å².